The van der Waals surface area contributed by atoms with Gasteiger partial charge in [0.1, 0.15) is 6.54 Å². The van der Waals surface area contributed by atoms with E-state index in [-0.39, 0.29) is 41.9 Å². The van der Waals surface area contributed by atoms with Crippen LogP contribution >= 0.6 is 23.8 Å². The van der Waals surface area contributed by atoms with Crippen LogP contribution in [-0.2, 0) is 26.0 Å². The number of anilines is 1. The van der Waals surface area contributed by atoms with Crippen LogP contribution in [0.4, 0.5) is 5.69 Å². The Kier molecular flexibility index (Phi) is 12.1. The number of thioether (sulfide) groups is 1. The fourth-order valence-electron chi connectivity index (χ4n) is 4.72. The first-order valence-electron chi connectivity index (χ1n) is 12.8. The molecule has 0 fully saturated rings. The topological polar surface area (TPSA) is 103 Å². The van der Waals surface area contributed by atoms with Gasteiger partial charge in [-0.15, -0.1) is 10.8 Å². The van der Waals surface area contributed by atoms with Crippen molar-refractivity contribution in [3.05, 3.63) is 108 Å². The first-order valence-corrected chi connectivity index (χ1v) is 16.2. The molecule has 4 aromatic rings. The maximum atomic E-state index is 11.6. The predicted octanol–water partition coefficient (Wildman–Crippen LogP) is 2.26. The monoisotopic (exact) mass is 630 g/mol. The Morgan fingerprint density at radius 1 is 1.10 bits per heavy atom. The zero-order valence-corrected chi connectivity index (χ0v) is 27.3. The van der Waals surface area contributed by atoms with Crippen molar-refractivity contribution < 1.29 is 61.7 Å². The first kappa shape index (κ1) is 32.7. The molecule has 0 atom stereocenters. The smallest absolute Gasteiger partial charge is 0.691 e. The Bertz CT molecular complexity index is 1740. The summed E-state index contributed by atoms with van der Waals surface area (Å²) in [6, 6.07) is 23.2. The Labute approximate surface area is 275 Å². The summed E-state index contributed by atoms with van der Waals surface area (Å²) in [5.41, 5.74) is 3.11. The molecule has 5 rings (SSSR count). The Hall–Kier alpha value is -2.16. The van der Waals surface area contributed by atoms with E-state index in [1.54, 1.807) is 11.8 Å². The minimum absolute atomic E-state index is 0. The molecule has 0 radical (unpaired) electrons. The molecule has 3 aromatic carbocycles. The largest absolute Gasteiger partial charge is 1.00 e. The number of hydrogen-bond donors (Lipinski definition) is 1. The van der Waals surface area contributed by atoms with Gasteiger partial charge in [0.2, 0.25) is 5.52 Å². The van der Waals surface area contributed by atoms with Crippen molar-refractivity contribution in [1.29, 1.82) is 0 Å². The molecular formula is C30H27N2NaO6S3. The molecule has 42 heavy (non-hydrogen) atoms. The quantitative estimate of drug-likeness (QED) is 0.0291. The molecule has 212 valence electrons. The van der Waals surface area contributed by atoms with Gasteiger partial charge in [-0.3, -0.25) is 9.59 Å². The normalized spacial score (nSPS) is 14.4. The van der Waals surface area contributed by atoms with Crippen molar-refractivity contribution in [3.63, 3.8) is 0 Å². The van der Waals surface area contributed by atoms with Crippen molar-refractivity contribution in [2.24, 2.45) is 0 Å². The van der Waals surface area contributed by atoms with E-state index in [0.29, 0.717) is 5.75 Å². The Morgan fingerprint density at radius 3 is 2.79 bits per heavy atom. The van der Waals surface area contributed by atoms with Crippen molar-refractivity contribution in [1.82, 2.24) is 0 Å². The summed E-state index contributed by atoms with van der Waals surface area (Å²) in [7, 11) is -4.12. The van der Waals surface area contributed by atoms with E-state index in [4.69, 9.17) is 0 Å². The van der Waals surface area contributed by atoms with Crippen LogP contribution in [0, 0.1) is 6.07 Å². The second-order valence-electron chi connectivity index (χ2n) is 9.14. The van der Waals surface area contributed by atoms with Crippen LogP contribution < -0.4 is 44.3 Å². The van der Waals surface area contributed by atoms with Gasteiger partial charge in [0.25, 0.3) is 10.1 Å². The molecule has 0 aliphatic carbocycles. The molecule has 1 aliphatic rings. The van der Waals surface area contributed by atoms with Crippen LogP contribution in [0.1, 0.15) is 12.0 Å². The minimum atomic E-state index is -4.12. The molecule has 8 nitrogen and oxygen atoms in total. The summed E-state index contributed by atoms with van der Waals surface area (Å²) >= 11 is 2.56. The molecular weight excluding hydrogens is 604 g/mol. The third-order valence-electron chi connectivity index (χ3n) is 6.52. The molecule has 1 aromatic heterocycles. The van der Waals surface area contributed by atoms with Gasteiger partial charge in [0, 0.05) is 53.5 Å². The summed E-state index contributed by atoms with van der Waals surface area (Å²) in [5.74, 6) is 0.264. The van der Waals surface area contributed by atoms with Crippen molar-refractivity contribution in [3.8, 4) is 0 Å². The molecule has 0 saturated carbocycles. The van der Waals surface area contributed by atoms with Gasteiger partial charge < -0.3 is 10.2 Å². The summed E-state index contributed by atoms with van der Waals surface area (Å²) in [6.07, 6.45) is 12.7. The minimum Gasteiger partial charge on any atom is -0.691 e. The average Bonchev–Trinajstić information content (AvgIpc) is 3.34. The van der Waals surface area contributed by atoms with Gasteiger partial charge in [-0.25, -0.2) is 0 Å². The van der Waals surface area contributed by atoms with Crippen molar-refractivity contribution >= 4 is 67.4 Å². The van der Waals surface area contributed by atoms with Gasteiger partial charge in [-0.1, -0.05) is 54.3 Å². The van der Waals surface area contributed by atoms with Gasteiger partial charge in [-0.2, -0.15) is 41.6 Å². The third kappa shape index (κ3) is 8.26. The Morgan fingerprint density at radius 2 is 1.95 bits per heavy atom. The zero-order valence-electron chi connectivity index (χ0n) is 22.9. The summed E-state index contributed by atoms with van der Waals surface area (Å²) in [4.78, 5) is 2.97. The Balaban J connectivity index is 0.00000405. The fraction of sp³-hybridized carbons (Fsp3) is 0.167. The average molecular weight is 631 g/mol. The molecule has 1 N–H and O–H groups in total. The number of benzene rings is 3. The van der Waals surface area contributed by atoms with E-state index in [1.165, 1.54) is 0 Å². The second kappa shape index (κ2) is 15.5. The number of aromatic nitrogens is 1. The molecule has 1 aliphatic heterocycles. The van der Waals surface area contributed by atoms with Crippen LogP contribution in [0.25, 0.3) is 27.8 Å². The predicted molar refractivity (Wildman–Crippen MR) is 162 cm³/mol. The van der Waals surface area contributed by atoms with Crippen molar-refractivity contribution in [2.45, 2.75) is 17.9 Å². The van der Waals surface area contributed by atoms with E-state index in [1.807, 2.05) is 83.9 Å². The number of aryl methyl sites for hydroxylation is 1. The molecule has 0 spiro atoms. The van der Waals surface area contributed by atoms with Crippen LogP contribution in [0.5, 0.6) is 0 Å². The number of pyridine rings is 1. The van der Waals surface area contributed by atoms with E-state index >= 15 is 0 Å². The maximum absolute atomic E-state index is 11.6. The summed E-state index contributed by atoms with van der Waals surface area (Å²) in [5, 5.41) is 17.3. The molecule has 12 heteroatoms. The number of nitrogens with zero attached hydrogens (tertiary/aromatic N) is 2. The van der Waals surface area contributed by atoms with Gasteiger partial charge in [0.05, 0.1) is 16.2 Å². The zero-order chi connectivity index (χ0) is 28.7. The van der Waals surface area contributed by atoms with Gasteiger partial charge in [-0.05, 0) is 23.8 Å². The summed E-state index contributed by atoms with van der Waals surface area (Å²) < 4.78 is 39.0. The number of hydrogen-bond acceptors (Lipinski definition) is 8. The van der Waals surface area contributed by atoms with Crippen LogP contribution in [-0.4, -0.2) is 31.0 Å². The number of fused-ring (bicyclic) bond motifs is 4. The van der Waals surface area contributed by atoms with Crippen LogP contribution in [0.15, 0.2) is 101 Å². The van der Waals surface area contributed by atoms with E-state index in [2.05, 4.69) is 38.2 Å². The fourth-order valence-corrected chi connectivity index (χ4v) is 6.60. The van der Waals surface area contributed by atoms with Crippen molar-refractivity contribution in [2.75, 3.05) is 23.0 Å². The molecule has 0 amide bonds. The van der Waals surface area contributed by atoms with Gasteiger partial charge in [0.15, 0.2) is 6.20 Å². The molecule has 0 bridgehead atoms. The number of allylic oxidation sites excluding steroid dienone is 4. The van der Waals surface area contributed by atoms with E-state index < -0.39 is 10.1 Å². The SMILES string of the molecule is O=S(=O)(O)CCN1C(=CC=CC=Cc2cc[n+](CCCSOO[O-])c3ccccc23)Sc2ccc3cc[c-]cc3c21.[Na+]. The third-order valence-corrected chi connectivity index (χ3v) is 8.94. The first-order chi connectivity index (χ1) is 19.9. The molecule has 0 unspecified atom stereocenters. The molecule has 0 saturated heterocycles. The second-order valence-corrected chi connectivity index (χ2v) is 12.6. The maximum Gasteiger partial charge on any atom is 1.00 e. The standard InChI is InChI=1S/C30H28N2O6S3.Na/c33-37-38-39-21-8-18-31-19-17-24(25-11-6-7-13-27(25)31)9-2-1-3-14-29-32(20-22-41(34,35)36)30-26-12-5-4-10-23(26)15-16-28(30)40-29;/h1-4,6-7,9-17,19,33H,8,18,20-22H2,(H,34,35,36);/q;+1/p-1. The van der Waals surface area contributed by atoms with Crippen LogP contribution in [0.3, 0.4) is 0 Å². The molecule has 2 heterocycles. The van der Waals surface area contributed by atoms with Gasteiger partial charge >= 0.3 is 29.6 Å². The van der Waals surface area contributed by atoms with Crippen LogP contribution in [0.2, 0.25) is 0 Å². The number of para-hydroxylation sites is 1. The van der Waals surface area contributed by atoms with E-state index in [9.17, 15) is 18.2 Å². The van der Waals surface area contributed by atoms with E-state index in [0.717, 1.165) is 67.9 Å². The number of rotatable bonds is 12. The summed E-state index contributed by atoms with van der Waals surface area (Å²) in [6.45, 7) is 0.908.